The minimum atomic E-state index is -0.467. The number of hydroxylamine groups is 2. The summed E-state index contributed by atoms with van der Waals surface area (Å²) in [4.78, 5) is 20.2. The van der Waals surface area contributed by atoms with Crippen LogP contribution in [0.3, 0.4) is 0 Å². The predicted octanol–water partition coefficient (Wildman–Crippen LogP) is 2.35. The van der Waals surface area contributed by atoms with Gasteiger partial charge in [-0.15, -0.1) is 0 Å². The van der Waals surface area contributed by atoms with Gasteiger partial charge in [-0.3, -0.25) is 4.98 Å². The van der Waals surface area contributed by atoms with Crippen molar-refractivity contribution in [1.29, 1.82) is 0 Å². The Morgan fingerprint density at radius 2 is 1.81 bits per heavy atom. The van der Waals surface area contributed by atoms with Crippen LogP contribution in [-0.2, 0) is 4.74 Å². The number of ether oxygens (including phenoxy) is 1. The van der Waals surface area contributed by atoms with Crippen molar-refractivity contribution < 1.29 is 14.7 Å². The van der Waals surface area contributed by atoms with E-state index in [1.165, 1.54) is 11.3 Å². The van der Waals surface area contributed by atoms with Gasteiger partial charge in [-0.1, -0.05) is 0 Å². The Labute approximate surface area is 125 Å². The van der Waals surface area contributed by atoms with Crippen LogP contribution in [0.1, 0.15) is 56.7 Å². The summed E-state index contributed by atoms with van der Waals surface area (Å²) >= 11 is 0. The van der Waals surface area contributed by atoms with Gasteiger partial charge in [0.1, 0.15) is 6.10 Å². The molecule has 1 saturated heterocycles. The van der Waals surface area contributed by atoms with E-state index in [4.69, 9.17) is 4.74 Å². The van der Waals surface area contributed by atoms with E-state index in [0.717, 1.165) is 5.69 Å². The van der Waals surface area contributed by atoms with Crippen LogP contribution in [0.2, 0.25) is 0 Å². The van der Waals surface area contributed by atoms with Gasteiger partial charge in [-0.2, -0.15) is 5.06 Å². The van der Waals surface area contributed by atoms with Crippen LogP contribution >= 0.6 is 0 Å². The summed E-state index contributed by atoms with van der Waals surface area (Å²) < 4.78 is 5.56. The van der Waals surface area contributed by atoms with Gasteiger partial charge in [-0.25, -0.2) is 9.78 Å². The third-order valence-corrected chi connectivity index (χ3v) is 3.86. The zero-order valence-corrected chi connectivity index (χ0v) is 13.3. The number of aromatic nitrogens is 2. The first kappa shape index (κ1) is 15.9. The number of carbonyl (C=O) groups excluding carboxylic acids is 1. The van der Waals surface area contributed by atoms with Crippen LogP contribution in [0.25, 0.3) is 0 Å². The average Bonchev–Trinajstić information content (AvgIpc) is 2.36. The molecular formula is C15H23N3O3. The Kier molecular flexibility index (Phi) is 4.04. The summed E-state index contributed by atoms with van der Waals surface area (Å²) in [5, 5.41) is 11.6. The lowest BCUT2D eigenvalue weighted by molar-refractivity contribution is -0.256. The van der Waals surface area contributed by atoms with E-state index in [2.05, 4.69) is 9.97 Å². The monoisotopic (exact) mass is 293 g/mol. The molecule has 2 heterocycles. The number of hydrogen-bond acceptors (Lipinski definition) is 6. The third-order valence-electron chi connectivity index (χ3n) is 3.86. The Morgan fingerprint density at radius 3 is 2.29 bits per heavy atom. The van der Waals surface area contributed by atoms with Gasteiger partial charge in [0.25, 0.3) is 0 Å². The van der Waals surface area contributed by atoms with Crippen molar-refractivity contribution in [2.24, 2.45) is 0 Å². The number of aryl methyl sites for hydroxylation is 1. The van der Waals surface area contributed by atoms with E-state index in [9.17, 15) is 10.0 Å². The molecule has 0 atom stereocenters. The van der Waals surface area contributed by atoms with Gasteiger partial charge in [-0.05, 0) is 34.6 Å². The van der Waals surface area contributed by atoms with Crippen molar-refractivity contribution in [3.05, 3.63) is 23.8 Å². The summed E-state index contributed by atoms with van der Waals surface area (Å²) in [6.45, 7) is 9.53. The first-order valence-electron chi connectivity index (χ1n) is 7.11. The van der Waals surface area contributed by atoms with Crippen LogP contribution in [0.5, 0.6) is 0 Å². The minimum absolute atomic E-state index is 0.211. The number of hydrogen-bond donors (Lipinski definition) is 1. The molecule has 0 spiro atoms. The second kappa shape index (κ2) is 5.35. The molecule has 0 radical (unpaired) electrons. The predicted molar refractivity (Wildman–Crippen MR) is 77.0 cm³/mol. The first-order chi connectivity index (χ1) is 9.62. The molecule has 0 saturated carbocycles. The highest BCUT2D eigenvalue weighted by atomic mass is 16.5. The molecule has 0 bridgehead atoms. The maximum absolute atomic E-state index is 12.1. The third kappa shape index (κ3) is 3.39. The Hall–Kier alpha value is -1.53. The fourth-order valence-corrected chi connectivity index (χ4v) is 2.97. The van der Waals surface area contributed by atoms with Crippen molar-refractivity contribution in [3.8, 4) is 0 Å². The highest BCUT2D eigenvalue weighted by Gasteiger charge is 2.46. The summed E-state index contributed by atoms with van der Waals surface area (Å²) in [5.41, 5.74) is 0.0576. The van der Waals surface area contributed by atoms with Gasteiger partial charge < -0.3 is 9.94 Å². The molecule has 1 aliphatic rings. The maximum Gasteiger partial charge on any atom is 0.358 e. The zero-order chi connectivity index (χ0) is 15.8. The molecule has 21 heavy (non-hydrogen) atoms. The quantitative estimate of drug-likeness (QED) is 0.844. The van der Waals surface area contributed by atoms with Crippen LogP contribution in [0, 0.1) is 6.92 Å². The average molecular weight is 293 g/mol. The molecule has 1 N–H and O–H groups in total. The number of esters is 1. The summed E-state index contributed by atoms with van der Waals surface area (Å²) in [6.07, 6.45) is 3.85. The zero-order valence-electron chi connectivity index (χ0n) is 13.3. The molecule has 0 amide bonds. The molecule has 0 aliphatic carbocycles. The molecule has 1 aliphatic heterocycles. The van der Waals surface area contributed by atoms with Gasteiger partial charge in [0, 0.05) is 30.1 Å². The maximum atomic E-state index is 12.1. The van der Waals surface area contributed by atoms with Gasteiger partial charge in [0.15, 0.2) is 5.69 Å². The second-order valence-electron chi connectivity index (χ2n) is 6.92. The van der Waals surface area contributed by atoms with Crippen molar-refractivity contribution >= 4 is 5.97 Å². The molecular weight excluding hydrogens is 270 g/mol. The molecule has 1 aromatic heterocycles. The lowest BCUT2D eigenvalue weighted by Crippen LogP contribution is -2.60. The molecule has 116 valence electrons. The molecule has 1 fully saturated rings. The fraction of sp³-hybridized carbons (Fsp3) is 0.667. The van der Waals surface area contributed by atoms with E-state index in [1.54, 1.807) is 6.20 Å². The van der Waals surface area contributed by atoms with Gasteiger partial charge in [0.05, 0.1) is 11.9 Å². The largest absolute Gasteiger partial charge is 0.457 e. The van der Waals surface area contributed by atoms with Crippen molar-refractivity contribution in [3.63, 3.8) is 0 Å². The first-order valence-corrected chi connectivity index (χ1v) is 7.11. The van der Waals surface area contributed by atoms with Crippen molar-refractivity contribution in [1.82, 2.24) is 15.0 Å². The van der Waals surface area contributed by atoms with Crippen LogP contribution in [0.4, 0.5) is 0 Å². The SMILES string of the molecule is Cc1cnc(C(=O)OC2CC(C)(C)N(O)C(C)(C)C2)cn1. The molecule has 6 heteroatoms. The molecule has 1 aromatic rings. The van der Waals surface area contributed by atoms with Crippen molar-refractivity contribution in [2.75, 3.05) is 0 Å². The lowest BCUT2D eigenvalue weighted by atomic mass is 9.80. The molecule has 0 unspecified atom stereocenters. The lowest BCUT2D eigenvalue weighted by Gasteiger charge is -2.50. The number of piperidine rings is 1. The topological polar surface area (TPSA) is 75.5 Å². The van der Waals surface area contributed by atoms with Gasteiger partial charge in [0.2, 0.25) is 0 Å². The standard InChI is InChI=1S/C15H23N3O3/c1-10-8-17-12(9-16-10)13(19)21-11-6-14(2,3)18(20)15(4,5)7-11/h8-9,11,20H,6-7H2,1-5H3. The van der Waals surface area contributed by atoms with Crippen LogP contribution in [0.15, 0.2) is 12.4 Å². The van der Waals surface area contributed by atoms with E-state index >= 15 is 0 Å². The van der Waals surface area contributed by atoms with E-state index < -0.39 is 17.0 Å². The highest BCUT2D eigenvalue weighted by molar-refractivity contribution is 5.86. The Morgan fingerprint density at radius 1 is 1.24 bits per heavy atom. The second-order valence-corrected chi connectivity index (χ2v) is 6.92. The molecule has 6 nitrogen and oxygen atoms in total. The Balaban J connectivity index is 2.09. The number of rotatable bonds is 2. The smallest absolute Gasteiger partial charge is 0.358 e. The summed E-state index contributed by atoms with van der Waals surface area (Å²) in [5.74, 6) is -0.467. The van der Waals surface area contributed by atoms with Crippen LogP contribution in [-0.4, -0.2) is 43.4 Å². The van der Waals surface area contributed by atoms with E-state index in [1.807, 2.05) is 34.6 Å². The van der Waals surface area contributed by atoms with E-state index in [-0.39, 0.29) is 11.8 Å². The molecule has 2 rings (SSSR count). The van der Waals surface area contributed by atoms with Crippen molar-refractivity contribution in [2.45, 2.75) is 64.6 Å². The highest BCUT2D eigenvalue weighted by Crippen LogP contribution is 2.38. The van der Waals surface area contributed by atoms with Gasteiger partial charge >= 0.3 is 5.97 Å². The summed E-state index contributed by atoms with van der Waals surface area (Å²) in [7, 11) is 0. The van der Waals surface area contributed by atoms with E-state index in [0.29, 0.717) is 12.8 Å². The Bertz CT molecular complexity index is 507. The minimum Gasteiger partial charge on any atom is -0.457 e. The number of nitrogens with zero attached hydrogens (tertiary/aromatic N) is 3. The number of carbonyl (C=O) groups is 1. The normalized spacial score (nSPS) is 22.0. The fourth-order valence-electron chi connectivity index (χ4n) is 2.97. The van der Waals surface area contributed by atoms with Crippen LogP contribution < -0.4 is 0 Å². The molecule has 0 aromatic carbocycles. The summed E-state index contributed by atoms with van der Waals surface area (Å²) in [6, 6.07) is 0.